The van der Waals surface area contributed by atoms with Crippen molar-refractivity contribution in [3.63, 3.8) is 0 Å². The Morgan fingerprint density at radius 1 is 1.54 bits per heavy atom. The van der Waals surface area contributed by atoms with Gasteiger partial charge in [-0.3, -0.25) is 10.1 Å². The van der Waals surface area contributed by atoms with E-state index in [1.807, 2.05) is 0 Å². The summed E-state index contributed by atoms with van der Waals surface area (Å²) in [6.07, 6.45) is 0. The van der Waals surface area contributed by atoms with Gasteiger partial charge in [-0.25, -0.2) is 4.79 Å². The summed E-state index contributed by atoms with van der Waals surface area (Å²) < 4.78 is 0. The van der Waals surface area contributed by atoms with Crippen LogP contribution in [0.4, 0.5) is 5.69 Å². The van der Waals surface area contributed by atoms with Crippen LogP contribution < -0.4 is 0 Å². The minimum Gasteiger partial charge on any atom is -0.478 e. The van der Waals surface area contributed by atoms with Crippen LogP contribution in [0, 0.1) is 10.1 Å². The van der Waals surface area contributed by atoms with Gasteiger partial charge in [0.15, 0.2) is 0 Å². The van der Waals surface area contributed by atoms with Crippen LogP contribution in [0.3, 0.4) is 0 Å². The monoisotopic (exact) mass is 198 g/mol. The van der Waals surface area contributed by atoms with Crippen molar-refractivity contribution in [1.82, 2.24) is 0 Å². The maximum Gasteiger partial charge on any atom is 0.335 e. The molecule has 0 aliphatic heterocycles. The van der Waals surface area contributed by atoms with Crippen LogP contribution >= 0.6 is 12.6 Å². The highest BCUT2D eigenvalue weighted by Gasteiger charge is 2.15. The molecule has 0 bridgehead atoms. The molecule has 0 spiro atoms. The normalized spacial score (nSPS) is 9.54. The number of carbonyl (C=O) groups is 1. The number of nitro benzene ring substituents is 1. The fourth-order valence-corrected chi connectivity index (χ4v) is 0.995. The average molecular weight is 198 g/mol. The van der Waals surface area contributed by atoms with Crippen molar-refractivity contribution in [2.45, 2.75) is 4.90 Å². The topological polar surface area (TPSA) is 80.4 Å². The minimum absolute atomic E-state index is 0.0370. The Hall–Kier alpha value is -1.69. The molecule has 0 atom stereocenters. The summed E-state index contributed by atoms with van der Waals surface area (Å²) in [5.41, 5.74) is -0.491. The summed E-state index contributed by atoms with van der Waals surface area (Å²) in [4.78, 5) is 20.1. The van der Waals surface area contributed by atoms with Crippen LogP contribution in [-0.2, 0) is 0 Å². The highest BCUT2D eigenvalue weighted by Crippen LogP contribution is 2.23. The van der Waals surface area contributed by atoms with Gasteiger partial charge >= 0.3 is 5.97 Å². The summed E-state index contributed by atoms with van der Waals surface area (Å²) in [6.45, 7) is 0. The number of aromatic carboxylic acids is 1. The molecule has 1 N–H and O–H groups in total. The lowest BCUT2D eigenvalue weighted by Crippen LogP contribution is -1.98. The van der Waals surface area contributed by atoms with Crippen molar-refractivity contribution in [3.8, 4) is 0 Å². The van der Waals surface area contributed by atoms with Gasteiger partial charge in [0.05, 0.1) is 10.5 Å². The lowest BCUT2D eigenvalue weighted by Gasteiger charge is -1.96. The molecule has 67 valence electrons. The van der Waals surface area contributed by atoms with Crippen molar-refractivity contribution in [2.24, 2.45) is 0 Å². The molecule has 0 fully saturated rings. The van der Waals surface area contributed by atoms with E-state index in [1.54, 1.807) is 0 Å². The standard InChI is InChI=1S/C7H4NO4S/c9-7(10)4-1-2-6(13)5(3-4)8(11)12/h1-3H,(H,9,10). The van der Waals surface area contributed by atoms with Gasteiger partial charge in [0.25, 0.3) is 5.69 Å². The molecule has 6 heteroatoms. The van der Waals surface area contributed by atoms with Crippen LogP contribution in [0.5, 0.6) is 0 Å². The van der Waals surface area contributed by atoms with Crippen LogP contribution in [-0.4, -0.2) is 16.0 Å². The second-order valence-electron chi connectivity index (χ2n) is 2.24. The molecule has 13 heavy (non-hydrogen) atoms. The molecule has 0 unspecified atom stereocenters. The lowest BCUT2D eigenvalue weighted by atomic mass is 10.2. The fraction of sp³-hybridized carbons (Fsp3) is 0. The Balaban J connectivity index is 3.27. The summed E-state index contributed by atoms with van der Waals surface area (Å²) in [5, 5.41) is 18.9. The highest BCUT2D eigenvalue weighted by molar-refractivity contribution is 7.80. The first-order chi connectivity index (χ1) is 6.02. The van der Waals surface area contributed by atoms with Gasteiger partial charge in [0.2, 0.25) is 0 Å². The van der Waals surface area contributed by atoms with E-state index in [1.165, 1.54) is 12.1 Å². The van der Waals surface area contributed by atoms with Crippen molar-refractivity contribution in [1.29, 1.82) is 0 Å². The number of hydrogen-bond donors (Lipinski definition) is 1. The highest BCUT2D eigenvalue weighted by atomic mass is 32.1. The molecule has 1 aromatic rings. The van der Waals surface area contributed by atoms with Gasteiger partial charge in [0.1, 0.15) is 4.90 Å². The first-order valence-electron chi connectivity index (χ1n) is 3.21. The van der Waals surface area contributed by atoms with Gasteiger partial charge in [-0.15, -0.1) is 0 Å². The van der Waals surface area contributed by atoms with Crippen LogP contribution in [0.1, 0.15) is 10.4 Å². The maximum atomic E-state index is 10.4. The summed E-state index contributed by atoms with van der Waals surface area (Å²) >= 11 is 4.64. The first-order valence-corrected chi connectivity index (χ1v) is 3.62. The van der Waals surface area contributed by atoms with Crippen molar-refractivity contribution >= 4 is 24.3 Å². The fourth-order valence-electron chi connectivity index (χ4n) is 0.793. The predicted molar refractivity (Wildman–Crippen MR) is 45.9 cm³/mol. The molecule has 1 rings (SSSR count). The van der Waals surface area contributed by atoms with Crippen molar-refractivity contribution in [2.75, 3.05) is 0 Å². The third-order valence-corrected chi connectivity index (χ3v) is 1.75. The zero-order chi connectivity index (χ0) is 10.0. The number of carboxylic acid groups (broad SMARTS) is 1. The number of nitrogens with zero attached hydrogens (tertiary/aromatic N) is 1. The molecule has 0 amide bonds. The van der Waals surface area contributed by atoms with Gasteiger partial charge in [-0.2, -0.15) is 0 Å². The molecule has 0 heterocycles. The Kier molecular flexibility index (Phi) is 2.43. The molecule has 0 saturated heterocycles. The molecule has 1 radical (unpaired) electrons. The second kappa shape index (κ2) is 3.36. The molecular weight excluding hydrogens is 194 g/mol. The second-order valence-corrected chi connectivity index (χ2v) is 2.68. The Morgan fingerprint density at radius 3 is 2.62 bits per heavy atom. The van der Waals surface area contributed by atoms with Crippen molar-refractivity contribution in [3.05, 3.63) is 33.9 Å². The lowest BCUT2D eigenvalue weighted by molar-refractivity contribution is -0.387. The van der Waals surface area contributed by atoms with Gasteiger partial charge in [0, 0.05) is 6.07 Å². The summed E-state index contributed by atoms with van der Waals surface area (Å²) in [5.74, 6) is -1.21. The minimum atomic E-state index is -1.21. The van der Waals surface area contributed by atoms with E-state index in [4.69, 9.17) is 5.11 Å². The zero-order valence-electron chi connectivity index (χ0n) is 6.26. The smallest absolute Gasteiger partial charge is 0.335 e. The van der Waals surface area contributed by atoms with E-state index in [0.717, 1.165) is 6.07 Å². The molecule has 5 nitrogen and oxygen atoms in total. The molecule has 1 aromatic carbocycles. The third kappa shape index (κ3) is 1.91. The Labute approximate surface area is 78.6 Å². The molecule has 0 saturated carbocycles. The van der Waals surface area contributed by atoms with Gasteiger partial charge in [-0.1, -0.05) is 12.6 Å². The third-order valence-electron chi connectivity index (χ3n) is 1.40. The van der Waals surface area contributed by atoms with E-state index in [0.29, 0.717) is 0 Å². The summed E-state index contributed by atoms with van der Waals surface area (Å²) in [6, 6.07) is 3.42. The number of nitro groups is 1. The van der Waals surface area contributed by atoms with E-state index in [9.17, 15) is 14.9 Å². The molecule has 0 aromatic heterocycles. The molecule has 0 aliphatic rings. The molecule has 0 aliphatic carbocycles. The van der Waals surface area contributed by atoms with Crippen molar-refractivity contribution < 1.29 is 14.8 Å². The van der Waals surface area contributed by atoms with E-state index >= 15 is 0 Å². The predicted octanol–water partition coefficient (Wildman–Crippen LogP) is 1.85. The first kappa shape index (κ1) is 9.40. The van der Waals surface area contributed by atoms with E-state index in [2.05, 4.69) is 12.6 Å². The maximum absolute atomic E-state index is 10.4. The quantitative estimate of drug-likeness (QED) is 0.580. The Morgan fingerprint density at radius 2 is 2.15 bits per heavy atom. The van der Waals surface area contributed by atoms with E-state index in [-0.39, 0.29) is 16.1 Å². The van der Waals surface area contributed by atoms with Gasteiger partial charge in [-0.05, 0) is 12.1 Å². The average Bonchev–Trinajstić information content (AvgIpc) is 2.04. The number of carboxylic acids is 1. The zero-order valence-corrected chi connectivity index (χ0v) is 7.08. The van der Waals surface area contributed by atoms with Gasteiger partial charge < -0.3 is 5.11 Å². The SMILES string of the molecule is O=C(O)c1ccc([S])c([N+](=O)[O-])c1. The number of hydrogen-bond acceptors (Lipinski definition) is 3. The number of rotatable bonds is 2. The largest absolute Gasteiger partial charge is 0.478 e. The van der Waals surface area contributed by atoms with Crippen LogP contribution in [0.25, 0.3) is 0 Å². The molecular formula is C7H4NO4S. The van der Waals surface area contributed by atoms with Crippen LogP contribution in [0.2, 0.25) is 0 Å². The Bertz CT molecular complexity index is 377. The summed E-state index contributed by atoms with van der Waals surface area (Å²) in [7, 11) is 0. The van der Waals surface area contributed by atoms with Crippen LogP contribution in [0.15, 0.2) is 23.1 Å². The van der Waals surface area contributed by atoms with E-state index < -0.39 is 10.9 Å². The number of benzene rings is 1.